The zero-order valence-electron chi connectivity index (χ0n) is 18.9. The van der Waals surface area contributed by atoms with Gasteiger partial charge in [-0.3, -0.25) is 9.32 Å². The van der Waals surface area contributed by atoms with Crippen LogP contribution in [-0.4, -0.2) is 27.5 Å². The molecule has 0 amide bonds. The van der Waals surface area contributed by atoms with Crippen molar-refractivity contribution in [2.24, 2.45) is 0 Å². The van der Waals surface area contributed by atoms with Gasteiger partial charge in [-0.2, -0.15) is 0 Å². The summed E-state index contributed by atoms with van der Waals surface area (Å²) in [5.74, 6) is -0.653. The van der Waals surface area contributed by atoms with Crippen molar-refractivity contribution in [1.29, 1.82) is 0 Å². The molecule has 0 aliphatic heterocycles. The largest absolute Gasteiger partial charge is 0.481 e. The molecule has 0 aliphatic carbocycles. The summed E-state index contributed by atoms with van der Waals surface area (Å²) in [5.41, 5.74) is 0. The van der Waals surface area contributed by atoms with E-state index in [0.29, 0.717) is 12.8 Å². The van der Waals surface area contributed by atoms with Crippen LogP contribution >= 0.6 is 7.82 Å². The maximum Gasteiger partial charge on any atom is 0.469 e. The van der Waals surface area contributed by atoms with Crippen molar-refractivity contribution in [1.82, 2.24) is 0 Å². The summed E-state index contributed by atoms with van der Waals surface area (Å²) >= 11 is 0. The summed E-state index contributed by atoms with van der Waals surface area (Å²) in [6.07, 6.45) is 21.8. The first-order chi connectivity index (χ1) is 13.8. The van der Waals surface area contributed by atoms with Gasteiger partial charge in [-0.1, -0.05) is 110 Å². The molecule has 0 unspecified atom stereocenters. The van der Waals surface area contributed by atoms with Gasteiger partial charge in [0.2, 0.25) is 0 Å². The highest BCUT2D eigenvalue weighted by Gasteiger charge is 2.11. The highest BCUT2D eigenvalue weighted by Crippen LogP contribution is 2.35. The van der Waals surface area contributed by atoms with Crippen LogP contribution in [0.15, 0.2) is 0 Å². The second kappa shape index (κ2) is 23.9. The molecular weight excluding hydrogens is 391 g/mol. The second-order valence-electron chi connectivity index (χ2n) is 7.77. The van der Waals surface area contributed by atoms with Crippen LogP contribution in [0.2, 0.25) is 0 Å². The van der Waals surface area contributed by atoms with Gasteiger partial charge in [-0.05, 0) is 12.8 Å². The summed E-state index contributed by atoms with van der Waals surface area (Å²) in [4.78, 5) is 26.6. The maximum atomic E-state index is 10.3. The van der Waals surface area contributed by atoms with Crippen molar-refractivity contribution >= 4 is 13.8 Å². The number of hydrogen-bond donors (Lipinski definition) is 3. The maximum absolute atomic E-state index is 10.3. The number of phosphoric ester groups is 1. The number of aliphatic carboxylic acids is 1. The first-order valence-electron chi connectivity index (χ1n) is 11.7. The van der Waals surface area contributed by atoms with Crippen LogP contribution in [0.1, 0.15) is 129 Å². The number of rotatable bonds is 20. The Labute approximate surface area is 179 Å². The van der Waals surface area contributed by atoms with Gasteiger partial charge in [0.1, 0.15) is 0 Å². The number of carboxylic acid groups (broad SMARTS) is 1. The van der Waals surface area contributed by atoms with Crippen molar-refractivity contribution in [3.05, 3.63) is 0 Å². The van der Waals surface area contributed by atoms with E-state index in [1.165, 1.54) is 83.5 Å². The van der Waals surface area contributed by atoms with Crippen molar-refractivity contribution in [3.8, 4) is 0 Å². The Hall–Kier alpha value is -0.420. The van der Waals surface area contributed by atoms with Gasteiger partial charge in [0.25, 0.3) is 0 Å². The SMILES string of the molecule is CCCCCCCCCCCCCCCCCC(=O)O.CCCCOP(=O)(O)O. The molecule has 0 fully saturated rings. The predicted octanol–water partition coefficient (Wildman–Crippen LogP) is 7.23. The third-order valence-electron chi connectivity index (χ3n) is 4.75. The average molecular weight is 439 g/mol. The minimum Gasteiger partial charge on any atom is -0.481 e. The molecule has 0 atom stereocenters. The zero-order valence-corrected chi connectivity index (χ0v) is 19.8. The third kappa shape index (κ3) is 35.4. The van der Waals surface area contributed by atoms with Crippen molar-refractivity contribution < 1.29 is 28.8 Å². The van der Waals surface area contributed by atoms with E-state index >= 15 is 0 Å². The number of unbranched alkanes of at least 4 members (excludes halogenated alkanes) is 15. The van der Waals surface area contributed by atoms with Crippen LogP contribution in [0.25, 0.3) is 0 Å². The molecule has 29 heavy (non-hydrogen) atoms. The number of hydrogen-bond acceptors (Lipinski definition) is 3. The van der Waals surface area contributed by atoms with E-state index in [4.69, 9.17) is 14.9 Å². The van der Waals surface area contributed by atoms with Crippen molar-refractivity contribution in [2.45, 2.75) is 129 Å². The molecule has 0 aromatic rings. The van der Waals surface area contributed by atoms with Gasteiger partial charge in [0.15, 0.2) is 0 Å². The van der Waals surface area contributed by atoms with Gasteiger partial charge in [-0.15, -0.1) is 0 Å². The number of carbonyl (C=O) groups is 1. The predicted molar refractivity (Wildman–Crippen MR) is 120 cm³/mol. The molecule has 0 aromatic carbocycles. The first-order valence-corrected chi connectivity index (χ1v) is 13.3. The van der Waals surface area contributed by atoms with E-state index in [1.807, 2.05) is 6.92 Å². The Bertz CT molecular complexity index is 383. The molecule has 0 saturated heterocycles. The smallest absolute Gasteiger partial charge is 0.469 e. The Morgan fingerprint density at radius 1 is 0.655 bits per heavy atom. The number of phosphoric acid groups is 1. The minimum absolute atomic E-state index is 0.140. The normalized spacial score (nSPS) is 11.2. The van der Waals surface area contributed by atoms with E-state index in [-0.39, 0.29) is 6.61 Å². The van der Waals surface area contributed by atoms with Crippen molar-refractivity contribution in [3.63, 3.8) is 0 Å². The monoisotopic (exact) mass is 438 g/mol. The van der Waals surface area contributed by atoms with Gasteiger partial charge in [0.05, 0.1) is 6.61 Å². The molecule has 3 N–H and O–H groups in total. The fourth-order valence-electron chi connectivity index (χ4n) is 2.98. The lowest BCUT2D eigenvalue weighted by Gasteiger charge is -2.03. The Kier molecular flexibility index (Phi) is 25.3. The lowest BCUT2D eigenvalue weighted by molar-refractivity contribution is -0.137. The van der Waals surface area contributed by atoms with Crippen LogP contribution in [0.5, 0.6) is 0 Å². The van der Waals surface area contributed by atoms with Crippen LogP contribution < -0.4 is 0 Å². The summed E-state index contributed by atoms with van der Waals surface area (Å²) in [6.45, 7) is 4.33. The molecule has 0 aliphatic rings. The van der Waals surface area contributed by atoms with Crippen LogP contribution in [0, 0.1) is 0 Å². The van der Waals surface area contributed by atoms with E-state index in [9.17, 15) is 9.36 Å². The van der Waals surface area contributed by atoms with Gasteiger partial charge in [0, 0.05) is 6.42 Å². The Morgan fingerprint density at radius 2 is 1.00 bits per heavy atom. The molecule has 176 valence electrons. The summed E-state index contributed by atoms with van der Waals surface area (Å²) in [6, 6.07) is 0. The van der Waals surface area contributed by atoms with Gasteiger partial charge < -0.3 is 14.9 Å². The lowest BCUT2D eigenvalue weighted by Crippen LogP contribution is -1.93. The average Bonchev–Trinajstić information content (AvgIpc) is 2.64. The summed E-state index contributed by atoms with van der Waals surface area (Å²) in [5, 5.41) is 8.52. The highest BCUT2D eigenvalue weighted by atomic mass is 31.2. The highest BCUT2D eigenvalue weighted by molar-refractivity contribution is 7.46. The molecule has 0 rings (SSSR count). The summed E-state index contributed by atoms with van der Waals surface area (Å²) in [7, 11) is -4.20. The molecule has 0 spiro atoms. The molecular formula is C22H47O6P. The molecule has 0 bridgehead atoms. The van der Waals surface area contributed by atoms with E-state index in [1.54, 1.807) is 0 Å². The molecule has 0 saturated carbocycles. The zero-order chi connectivity index (χ0) is 22.2. The fraction of sp³-hybridized carbons (Fsp3) is 0.955. The molecule has 0 aromatic heterocycles. The Morgan fingerprint density at radius 3 is 1.31 bits per heavy atom. The van der Waals surface area contributed by atoms with E-state index < -0.39 is 13.8 Å². The minimum atomic E-state index is -4.20. The first kappa shape index (κ1) is 30.8. The van der Waals surface area contributed by atoms with Crippen LogP contribution in [-0.2, 0) is 13.9 Å². The van der Waals surface area contributed by atoms with E-state index in [0.717, 1.165) is 19.3 Å². The topological polar surface area (TPSA) is 104 Å². The summed E-state index contributed by atoms with van der Waals surface area (Å²) < 4.78 is 14.1. The fourth-order valence-corrected chi connectivity index (χ4v) is 3.34. The molecule has 0 radical (unpaired) electrons. The second-order valence-corrected chi connectivity index (χ2v) is 9.01. The molecule has 0 heterocycles. The van der Waals surface area contributed by atoms with Crippen LogP contribution in [0.4, 0.5) is 0 Å². The molecule has 7 heteroatoms. The lowest BCUT2D eigenvalue weighted by atomic mass is 10.0. The Balaban J connectivity index is 0. The van der Waals surface area contributed by atoms with Crippen LogP contribution in [0.3, 0.4) is 0 Å². The van der Waals surface area contributed by atoms with Crippen molar-refractivity contribution in [2.75, 3.05) is 6.61 Å². The number of carboxylic acids is 1. The van der Waals surface area contributed by atoms with E-state index in [2.05, 4.69) is 11.4 Å². The van der Waals surface area contributed by atoms with Gasteiger partial charge >= 0.3 is 13.8 Å². The molecule has 6 nitrogen and oxygen atoms in total. The quantitative estimate of drug-likeness (QED) is 0.137. The third-order valence-corrected chi connectivity index (χ3v) is 5.27. The standard InChI is InChI=1S/C18H36O2.C4H11O4P/c1-2-3-4-5-6-7-8-9-10-11-12-13-14-15-16-17-18(19)20;1-2-3-4-8-9(5,6)7/h2-17H2,1H3,(H,19,20);2-4H2,1H3,(H2,5,6,7). The van der Waals surface area contributed by atoms with Gasteiger partial charge in [-0.25, -0.2) is 4.57 Å².